The van der Waals surface area contributed by atoms with Crippen LogP contribution in [-0.2, 0) is 9.84 Å². The molecular formula is C19H20N2O6S. The molecule has 8 nitrogen and oxygen atoms in total. The summed E-state index contributed by atoms with van der Waals surface area (Å²) < 4.78 is 34.6. The van der Waals surface area contributed by atoms with E-state index in [-0.39, 0.29) is 22.3 Å². The van der Waals surface area contributed by atoms with Crippen LogP contribution in [0.2, 0.25) is 0 Å². The number of hydrogen-bond donors (Lipinski definition) is 1. The van der Waals surface area contributed by atoms with E-state index in [1.54, 1.807) is 19.2 Å². The van der Waals surface area contributed by atoms with E-state index in [9.17, 15) is 18.5 Å². The zero-order chi connectivity index (χ0) is 20.6. The monoisotopic (exact) mass is 404 g/mol. The highest BCUT2D eigenvalue weighted by atomic mass is 32.2. The number of sulfone groups is 1. The molecule has 2 aromatic carbocycles. The average molecular weight is 404 g/mol. The molecule has 0 saturated carbocycles. The molecule has 0 saturated heterocycles. The van der Waals surface area contributed by atoms with Crippen LogP contribution in [0.5, 0.6) is 5.75 Å². The molecule has 3 aromatic rings. The summed E-state index contributed by atoms with van der Waals surface area (Å²) in [6, 6.07) is 8.87. The third-order valence-corrected chi connectivity index (χ3v) is 5.65. The highest BCUT2D eigenvalue weighted by molar-refractivity contribution is 7.90. The quantitative estimate of drug-likeness (QED) is 0.483. The first-order valence-corrected chi connectivity index (χ1v) is 10.3. The maximum absolute atomic E-state index is 11.7. The molecule has 1 unspecified atom stereocenters. The second kappa shape index (κ2) is 7.16. The van der Waals surface area contributed by atoms with E-state index in [2.05, 4.69) is 5.32 Å². The molecule has 1 N–H and O–H groups in total. The molecule has 0 aliphatic rings. The van der Waals surface area contributed by atoms with Gasteiger partial charge in [-0.05, 0) is 44.2 Å². The SMILES string of the molecule is COc1ccc2oc(C(C)Nc3ccc(S(C)(=O)=O)cc3[N+](=O)[O-])c(C)c2c1. The summed E-state index contributed by atoms with van der Waals surface area (Å²) in [6.07, 6.45) is 1.01. The molecule has 0 radical (unpaired) electrons. The molecule has 0 spiro atoms. The predicted octanol–water partition coefficient (Wildman–Crippen LogP) is 4.23. The van der Waals surface area contributed by atoms with Crippen molar-refractivity contribution in [1.82, 2.24) is 0 Å². The Balaban J connectivity index is 1.99. The van der Waals surface area contributed by atoms with Crippen molar-refractivity contribution in [3.05, 3.63) is 57.8 Å². The molecule has 3 rings (SSSR count). The van der Waals surface area contributed by atoms with Gasteiger partial charge in [0.1, 0.15) is 22.8 Å². The average Bonchev–Trinajstić information content (AvgIpc) is 2.97. The van der Waals surface area contributed by atoms with Gasteiger partial charge in [-0.1, -0.05) is 0 Å². The number of nitro groups is 1. The number of nitrogens with one attached hydrogen (secondary N) is 1. The Morgan fingerprint density at radius 2 is 1.93 bits per heavy atom. The Kier molecular flexibility index (Phi) is 5.03. The van der Waals surface area contributed by atoms with E-state index in [1.165, 1.54) is 12.1 Å². The lowest BCUT2D eigenvalue weighted by atomic mass is 10.1. The maximum Gasteiger partial charge on any atom is 0.293 e. The minimum atomic E-state index is -3.55. The summed E-state index contributed by atoms with van der Waals surface area (Å²) in [5.41, 5.74) is 1.47. The van der Waals surface area contributed by atoms with Gasteiger partial charge in [0.25, 0.3) is 5.69 Å². The summed E-state index contributed by atoms with van der Waals surface area (Å²) in [5.74, 6) is 1.33. The van der Waals surface area contributed by atoms with E-state index in [4.69, 9.17) is 9.15 Å². The van der Waals surface area contributed by atoms with Crippen LogP contribution in [0, 0.1) is 17.0 Å². The van der Waals surface area contributed by atoms with Crippen molar-refractivity contribution in [1.29, 1.82) is 0 Å². The van der Waals surface area contributed by atoms with Crippen molar-refractivity contribution in [2.24, 2.45) is 0 Å². The second-order valence-corrected chi connectivity index (χ2v) is 8.54. The largest absolute Gasteiger partial charge is 0.497 e. The second-order valence-electron chi connectivity index (χ2n) is 6.53. The normalized spacial score (nSPS) is 12.7. The van der Waals surface area contributed by atoms with E-state index >= 15 is 0 Å². The third kappa shape index (κ3) is 3.65. The van der Waals surface area contributed by atoms with Crippen molar-refractivity contribution >= 4 is 32.2 Å². The minimum Gasteiger partial charge on any atom is -0.497 e. The number of rotatable bonds is 6. The molecule has 1 atom stereocenters. The van der Waals surface area contributed by atoms with Crippen LogP contribution in [0.15, 0.2) is 45.7 Å². The van der Waals surface area contributed by atoms with Gasteiger partial charge in [-0.25, -0.2) is 8.42 Å². The van der Waals surface area contributed by atoms with Crippen LogP contribution in [0.25, 0.3) is 11.0 Å². The zero-order valence-corrected chi connectivity index (χ0v) is 16.7. The highest BCUT2D eigenvalue weighted by Gasteiger charge is 2.23. The summed E-state index contributed by atoms with van der Waals surface area (Å²) in [4.78, 5) is 10.7. The molecule has 9 heteroatoms. The number of fused-ring (bicyclic) bond motifs is 1. The van der Waals surface area contributed by atoms with E-state index in [0.29, 0.717) is 17.1 Å². The first kappa shape index (κ1) is 19.7. The summed E-state index contributed by atoms with van der Waals surface area (Å²) in [5, 5.41) is 15.4. The molecule has 0 aliphatic heterocycles. The van der Waals surface area contributed by atoms with E-state index in [1.807, 2.05) is 19.9 Å². The maximum atomic E-state index is 11.7. The van der Waals surface area contributed by atoms with Crippen LogP contribution in [0.3, 0.4) is 0 Å². The smallest absolute Gasteiger partial charge is 0.293 e. The number of nitro benzene ring substituents is 1. The van der Waals surface area contributed by atoms with Gasteiger partial charge >= 0.3 is 0 Å². The Morgan fingerprint density at radius 1 is 1.21 bits per heavy atom. The summed E-state index contributed by atoms with van der Waals surface area (Å²) in [7, 11) is -1.97. The standard InChI is InChI=1S/C19H20N2O6S/c1-11-15-9-13(26-3)5-8-18(15)27-19(11)12(2)20-16-7-6-14(28(4,24)25)10-17(16)21(22)23/h5-10,12,20H,1-4H3. The Labute approximate surface area is 162 Å². The number of methoxy groups -OCH3 is 1. The van der Waals surface area contributed by atoms with Crippen molar-refractivity contribution in [2.45, 2.75) is 24.8 Å². The van der Waals surface area contributed by atoms with Crippen molar-refractivity contribution in [2.75, 3.05) is 18.7 Å². The summed E-state index contributed by atoms with van der Waals surface area (Å²) >= 11 is 0. The van der Waals surface area contributed by atoms with Gasteiger partial charge in [-0.15, -0.1) is 0 Å². The van der Waals surface area contributed by atoms with Crippen LogP contribution in [0.1, 0.15) is 24.3 Å². The van der Waals surface area contributed by atoms with E-state index in [0.717, 1.165) is 23.3 Å². The first-order valence-electron chi connectivity index (χ1n) is 8.44. The van der Waals surface area contributed by atoms with E-state index < -0.39 is 14.8 Å². The van der Waals surface area contributed by atoms with Crippen LogP contribution in [0.4, 0.5) is 11.4 Å². The van der Waals surface area contributed by atoms with Gasteiger partial charge in [-0.3, -0.25) is 10.1 Å². The fourth-order valence-corrected chi connectivity index (χ4v) is 3.71. The molecule has 1 heterocycles. The molecule has 0 bridgehead atoms. The number of benzene rings is 2. The highest BCUT2D eigenvalue weighted by Crippen LogP contribution is 2.35. The number of anilines is 1. The fraction of sp³-hybridized carbons (Fsp3) is 0.263. The van der Waals surface area contributed by atoms with Gasteiger partial charge < -0.3 is 14.5 Å². The number of furan rings is 1. The van der Waals surface area contributed by atoms with Gasteiger partial charge in [0.2, 0.25) is 0 Å². The Morgan fingerprint density at radius 3 is 2.54 bits per heavy atom. The zero-order valence-electron chi connectivity index (χ0n) is 15.8. The lowest BCUT2D eigenvalue weighted by Gasteiger charge is -2.14. The lowest BCUT2D eigenvalue weighted by Crippen LogP contribution is -2.09. The lowest BCUT2D eigenvalue weighted by molar-refractivity contribution is -0.384. The Bertz CT molecular complexity index is 1170. The first-order chi connectivity index (χ1) is 13.1. The van der Waals surface area contributed by atoms with Gasteiger partial charge in [-0.2, -0.15) is 0 Å². The molecule has 28 heavy (non-hydrogen) atoms. The molecular weight excluding hydrogens is 384 g/mol. The minimum absolute atomic E-state index is 0.107. The van der Waals surface area contributed by atoms with Crippen LogP contribution >= 0.6 is 0 Å². The molecule has 0 aliphatic carbocycles. The number of aryl methyl sites for hydroxylation is 1. The number of hydrogen-bond acceptors (Lipinski definition) is 7. The number of nitrogens with zero attached hydrogens (tertiary/aromatic N) is 1. The fourth-order valence-electron chi connectivity index (χ4n) is 3.07. The third-order valence-electron chi connectivity index (χ3n) is 4.54. The Hall–Kier alpha value is -3.07. The molecule has 1 aromatic heterocycles. The molecule has 148 valence electrons. The van der Waals surface area contributed by atoms with Crippen molar-refractivity contribution < 1.29 is 22.5 Å². The summed E-state index contributed by atoms with van der Waals surface area (Å²) in [6.45, 7) is 3.72. The van der Waals surface area contributed by atoms with Crippen molar-refractivity contribution in [3.63, 3.8) is 0 Å². The van der Waals surface area contributed by atoms with Crippen molar-refractivity contribution in [3.8, 4) is 5.75 Å². The molecule has 0 amide bonds. The van der Waals surface area contributed by atoms with Crippen LogP contribution < -0.4 is 10.1 Å². The predicted molar refractivity (Wildman–Crippen MR) is 106 cm³/mol. The van der Waals surface area contributed by atoms with Gasteiger partial charge in [0.15, 0.2) is 9.84 Å². The number of ether oxygens (including phenoxy) is 1. The van der Waals surface area contributed by atoms with Gasteiger partial charge in [0.05, 0.1) is 23.0 Å². The topological polar surface area (TPSA) is 112 Å². The molecule has 0 fully saturated rings. The van der Waals surface area contributed by atoms with Gasteiger partial charge in [0, 0.05) is 23.3 Å². The van der Waals surface area contributed by atoms with Crippen LogP contribution in [-0.4, -0.2) is 26.7 Å².